The highest BCUT2D eigenvalue weighted by Crippen LogP contribution is 2.25. The van der Waals surface area contributed by atoms with E-state index in [1.54, 1.807) is 18.2 Å². The van der Waals surface area contributed by atoms with Crippen LogP contribution in [0.5, 0.6) is 0 Å². The topological polar surface area (TPSA) is 55.1 Å². The van der Waals surface area contributed by atoms with E-state index in [2.05, 4.69) is 21.2 Å². The highest BCUT2D eigenvalue weighted by molar-refractivity contribution is 9.10. The van der Waals surface area contributed by atoms with Crippen molar-refractivity contribution >= 4 is 39.1 Å². The second kappa shape index (κ2) is 4.60. The van der Waals surface area contributed by atoms with Crippen molar-refractivity contribution in [1.29, 1.82) is 0 Å². The Morgan fingerprint density at radius 1 is 1.62 bits per heavy atom. The highest BCUT2D eigenvalue weighted by atomic mass is 79.9. The first kappa shape index (κ1) is 10.5. The molecule has 0 aromatic heterocycles. The minimum Gasteiger partial charge on any atom is -0.324 e. The molecule has 0 fully saturated rings. The number of carbonyl (C=O) groups excluding carboxylic acids is 1. The Labute approximate surface area is 89.4 Å². The number of anilines is 1. The lowest BCUT2D eigenvalue weighted by molar-refractivity contribution is -0.114. The van der Waals surface area contributed by atoms with Gasteiger partial charge in [0.15, 0.2) is 0 Å². The van der Waals surface area contributed by atoms with Crippen molar-refractivity contribution in [2.45, 2.75) is 0 Å². The van der Waals surface area contributed by atoms with Crippen LogP contribution in [-0.4, -0.2) is 12.5 Å². The summed E-state index contributed by atoms with van der Waals surface area (Å²) in [7, 11) is 0. The van der Waals surface area contributed by atoms with Crippen molar-refractivity contribution in [1.82, 2.24) is 0 Å². The van der Waals surface area contributed by atoms with Crippen molar-refractivity contribution in [3.8, 4) is 0 Å². The van der Waals surface area contributed by atoms with Gasteiger partial charge in [0.1, 0.15) is 0 Å². The molecule has 3 nitrogen and oxygen atoms in total. The number of amides is 1. The van der Waals surface area contributed by atoms with Crippen LogP contribution in [0, 0.1) is 0 Å². The number of nitrogens with two attached hydrogens (primary N) is 1. The molecule has 70 valence electrons. The number of benzene rings is 1. The number of carbonyl (C=O) groups is 1. The molecule has 1 aromatic rings. The Hall–Kier alpha value is -0.580. The molecule has 0 aliphatic heterocycles. The quantitative estimate of drug-likeness (QED) is 0.857. The summed E-state index contributed by atoms with van der Waals surface area (Å²) < 4.78 is 0.864. The fourth-order valence-corrected chi connectivity index (χ4v) is 1.51. The molecule has 0 aliphatic carbocycles. The number of rotatable bonds is 2. The molecule has 0 atom stereocenters. The molecule has 13 heavy (non-hydrogen) atoms. The third kappa shape index (κ3) is 2.99. The van der Waals surface area contributed by atoms with Crippen LogP contribution in [-0.2, 0) is 4.79 Å². The van der Waals surface area contributed by atoms with E-state index in [1.807, 2.05) is 0 Å². The van der Waals surface area contributed by atoms with E-state index in [-0.39, 0.29) is 12.5 Å². The first-order chi connectivity index (χ1) is 6.13. The Balaban J connectivity index is 2.83. The van der Waals surface area contributed by atoms with E-state index in [9.17, 15) is 4.79 Å². The SMILES string of the molecule is NCC(=O)Nc1ccc(Br)cc1Cl. The van der Waals surface area contributed by atoms with Crippen molar-refractivity contribution in [2.75, 3.05) is 11.9 Å². The summed E-state index contributed by atoms with van der Waals surface area (Å²) in [5, 5.41) is 3.05. The zero-order valence-electron chi connectivity index (χ0n) is 6.68. The summed E-state index contributed by atoms with van der Waals surface area (Å²) >= 11 is 9.10. The standard InChI is InChI=1S/C8H8BrClN2O/c9-5-1-2-7(6(10)3-5)12-8(13)4-11/h1-3H,4,11H2,(H,12,13). The summed E-state index contributed by atoms with van der Waals surface area (Å²) in [5.41, 5.74) is 5.71. The molecule has 1 rings (SSSR count). The first-order valence-corrected chi connectivity index (χ1v) is 4.75. The predicted octanol–water partition coefficient (Wildman–Crippen LogP) is 2.00. The Kier molecular flexibility index (Phi) is 3.71. The van der Waals surface area contributed by atoms with E-state index in [1.165, 1.54) is 0 Å². The maximum absolute atomic E-state index is 10.9. The van der Waals surface area contributed by atoms with Gasteiger partial charge in [0, 0.05) is 4.47 Å². The van der Waals surface area contributed by atoms with Gasteiger partial charge in [-0.1, -0.05) is 27.5 Å². The van der Waals surface area contributed by atoms with Gasteiger partial charge in [-0.25, -0.2) is 0 Å². The maximum atomic E-state index is 10.9. The van der Waals surface area contributed by atoms with E-state index >= 15 is 0 Å². The monoisotopic (exact) mass is 262 g/mol. The highest BCUT2D eigenvalue weighted by Gasteiger charge is 2.03. The molecule has 3 N–H and O–H groups in total. The number of hydrogen-bond acceptors (Lipinski definition) is 2. The fourth-order valence-electron chi connectivity index (χ4n) is 0.792. The van der Waals surface area contributed by atoms with Crippen LogP contribution in [0.3, 0.4) is 0 Å². The molecule has 1 amide bonds. The molecule has 0 saturated carbocycles. The third-order valence-electron chi connectivity index (χ3n) is 1.39. The molecule has 0 radical (unpaired) electrons. The molecule has 0 unspecified atom stereocenters. The van der Waals surface area contributed by atoms with Gasteiger partial charge in [-0.05, 0) is 18.2 Å². The van der Waals surface area contributed by atoms with E-state index in [0.29, 0.717) is 10.7 Å². The summed E-state index contributed by atoms with van der Waals surface area (Å²) in [6, 6.07) is 5.20. The van der Waals surface area contributed by atoms with Crippen LogP contribution in [0.25, 0.3) is 0 Å². The number of nitrogens with one attached hydrogen (secondary N) is 1. The molecule has 0 heterocycles. The smallest absolute Gasteiger partial charge is 0.238 e. The van der Waals surface area contributed by atoms with Crippen LogP contribution >= 0.6 is 27.5 Å². The minimum absolute atomic E-state index is 0.0492. The normalized spacial score (nSPS) is 9.77. The predicted molar refractivity (Wildman–Crippen MR) is 56.8 cm³/mol. The van der Waals surface area contributed by atoms with Crippen LogP contribution in [0.2, 0.25) is 5.02 Å². The first-order valence-electron chi connectivity index (χ1n) is 3.58. The van der Waals surface area contributed by atoms with E-state index < -0.39 is 0 Å². The average Bonchev–Trinajstić information content (AvgIpc) is 2.09. The van der Waals surface area contributed by atoms with Gasteiger partial charge in [0.2, 0.25) is 5.91 Å². The van der Waals surface area contributed by atoms with E-state index in [0.717, 1.165) is 4.47 Å². The van der Waals surface area contributed by atoms with Gasteiger partial charge in [-0.2, -0.15) is 0 Å². The molecular formula is C8H8BrClN2O. The van der Waals surface area contributed by atoms with Gasteiger partial charge < -0.3 is 11.1 Å². The van der Waals surface area contributed by atoms with Crippen LogP contribution in [0.1, 0.15) is 0 Å². The second-order valence-corrected chi connectivity index (χ2v) is 3.70. The zero-order chi connectivity index (χ0) is 9.84. The van der Waals surface area contributed by atoms with Crippen LogP contribution in [0.4, 0.5) is 5.69 Å². The van der Waals surface area contributed by atoms with Gasteiger partial charge >= 0.3 is 0 Å². The van der Waals surface area contributed by atoms with Gasteiger partial charge in [-0.15, -0.1) is 0 Å². The van der Waals surface area contributed by atoms with E-state index in [4.69, 9.17) is 17.3 Å². The molecule has 0 aliphatic rings. The Morgan fingerprint density at radius 2 is 2.31 bits per heavy atom. The molecule has 0 spiro atoms. The fraction of sp³-hybridized carbons (Fsp3) is 0.125. The lowest BCUT2D eigenvalue weighted by Gasteiger charge is -2.05. The summed E-state index contributed by atoms with van der Waals surface area (Å²) in [5.74, 6) is -0.260. The van der Waals surface area contributed by atoms with Crippen molar-refractivity contribution < 1.29 is 4.79 Å². The maximum Gasteiger partial charge on any atom is 0.238 e. The molecule has 1 aromatic carbocycles. The third-order valence-corrected chi connectivity index (χ3v) is 2.20. The van der Waals surface area contributed by atoms with Crippen LogP contribution < -0.4 is 11.1 Å². The summed E-state index contributed by atoms with van der Waals surface area (Å²) in [4.78, 5) is 10.9. The van der Waals surface area contributed by atoms with Gasteiger partial charge in [0.25, 0.3) is 0 Å². The molecule has 5 heteroatoms. The lowest BCUT2D eigenvalue weighted by atomic mass is 10.3. The van der Waals surface area contributed by atoms with Crippen molar-refractivity contribution in [3.05, 3.63) is 27.7 Å². The average molecular weight is 264 g/mol. The number of hydrogen-bond donors (Lipinski definition) is 2. The lowest BCUT2D eigenvalue weighted by Crippen LogP contribution is -2.21. The zero-order valence-corrected chi connectivity index (χ0v) is 9.02. The summed E-state index contributed by atoms with van der Waals surface area (Å²) in [6.45, 7) is -0.0492. The van der Waals surface area contributed by atoms with Crippen LogP contribution in [0.15, 0.2) is 22.7 Å². The number of halogens is 2. The van der Waals surface area contributed by atoms with Crippen molar-refractivity contribution in [3.63, 3.8) is 0 Å². The minimum atomic E-state index is -0.260. The largest absolute Gasteiger partial charge is 0.324 e. The summed E-state index contributed by atoms with van der Waals surface area (Å²) in [6.07, 6.45) is 0. The van der Waals surface area contributed by atoms with Gasteiger partial charge in [-0.3, -0.25) is 4.79 Å². The molecular weight excluding hydrogens is 255 g/mol. The molecule has 0 saturated heterocycles. The van der Waals surface area contributed by atoms with Crippen molar-refractivity contribution in [2.24, 2.45) is 5.73 Å². The second-order valence-electron chi connectivity index (χ2n) is 2.38. The Bertz CT molecular complexity index is 330. The van der Waals surface area contributed by atoms with Gasteiger partial charge in [0.05, 0.1) is 17.3 Å². The Morgan fingerprint density at radius 3 is 2.85 bits per heavy atom. The molecule has 0 bridgehead atoms.